The Kier molecular flexibility index (Phi) is 10.8. The summed E-state index contributed by atoms with van der Waals surface area (Å²) in [4.78, 5) is 23.0. The van der Waals surface area contributed by atoms with Crippen LogP contribution in [0, 0.1) is 11.8 Å². The van der Waals surface area contributed by atoms with Gasteiger partial charge in [-0.1, -0.05) is 27.7 Å². The third-order valence-electron chi connectivity index (χ3n) is 7.40. The highest BCUT2D eigenvalue weighted by atomic mass is 16.5. The van der Waals surface area contributed by atoms with Crippen LogP contribution < -0.4 is 10.1 Å². The van der Waals surface area contributed by atoms with Crippen molar-refractivity contribution in [3.8, 4) is 5.75 Å². The van der Waals surface area contributed by atoms with Crippen molar-refractivity contribution >= 4 is 23.1 Å². The van der Waals surface area contributed by atoms with Gasteiger partial charge >= 0.3 is 0 Å². The van der Waals surface area contributed by atoms with Crippen LogP contribution in [0.4, 0.5) is 11.5 Å². The fourth-order valence-corrected chi connectivity index (χ4v) is 4.84. The monoisotopic (exact) mass is 550 g/mol. The summed E-state index contributed by atoms with van der Waals surface area (Å²) in [6, 6.07) is 9.60. The average molecular weight is 551 g/mol. The first-order valence-electron chi connectivity index (χ1n) is 14.7. The van der Waals surface area contributed by atoms with Crippen molar-refractivity contribution < 1.29 is 14.3 Å². The van der Waals surface area contributed by atoms with Gasteiger partial charge in [0, 0.05) is 43.6 Å². The van der Waals surface area contributed by atoms with E-state index in [2.05, 4.69) is 37.9 Å². The zero-order chi connectivity index (χ0) is 28.5. The second-order valence-corrected chi connectivity index (χ2v) is 11.5. The fraction of sp³-hybridized carbons (Fsp3) is 0.581. The number of rotatable bonds is 14. The van der Waals surface area contributed by atoms with Crippen molar-refractivity contribution in [1.29, 1.82) is 0 Å². The normalized spacial score (nSPS) is 14.3. The number of carbonyl (C=O) groups is 1. The minimum absolute atomic E-state index is 0.00562. The smallest absolute Gasteiger partial charge is 0.272 e. The van der Waals surface area contributed by atoms with Crippen molar-refractivity contribution in [2.75, 3.05) is 58.4 Å². The van der Waals surface area contributed by atoms with E-state index in [-0.39, 0.29) is 5.91 Å². The highest BCUT2D eigenvalue weighted by Crippen LogP contribution is 2.26. The van der Waals surface area contributed by atoms with E-state index in [1.165, 1.54) is 0 Å². The van der Waals surface area contributed by atoms with Crippen LogP contribution in [-0.2, 0) is 11.2 Å². The minimum atomic E-state index is -0.00562. The lowest BCUT2D eigenvalue weighted by Crippen LogP contribution is -2.36. The molecule has 3 aromatic rings. The molecule has 0 unspecified atom stereocenters. The number of methoxy groups -OCH3 is 1. The number of carbonyl (C=O) groups excluding carboxylic acids is 1. The summed E-state index contributed by atoms with van der Waals surface area (Å²) in [6.45, 7) is 14.8. The minimum Gasteiger partial charge on any atom is -0.497 e. The average Bonchev–Trinajstić information content (AvgIpc) is 3.29. The number of aryl methyl sites for hydroxylation is 1. The van der Waals surface area contributed by atoms with Gasteiger partial charge in [-0.05, 0) is 74.4 Å². The maximum Gasteiger partial charge on any atom is 0.272 e. The molecule has 9 heteroatoms. The van der Waals surface area contributed by atoms with Crippen molar-refractivity contribution in [2.45, 2.75) is 53.4 Å². The van der Waals surface area contributed by atoms with Crippen LogP contribution in [0.3, 0.4) is 0 Å². The molecule has 1 amide bonds. The topological polar surface area (TPSA) is 84.2 Å². The largest absolute Gasteiger partial charge is 0.497 e. The number of morpholine rings is 1. The lowest BCUT2D eigenvalue weighted by molar-refractivity contribution is 0.0375. The molecule has 1 aliphatic heterocycles. The number of benzene rings is 1. The van der Waals surface area contributed by atoms with E-state index < -0.39 is 0 Å². The standard InChI is InChI=1S/C31H46N6O3/c1-23(2)12-16-36(17-13-24(3)4)31(38)28-14-18-37-30(33-28)27(7-6-15-35-19-21-40-22-20-35)29(34-37)32-25-8-10-26(39-5)11-9-25/h8-11,14,18,23-24H,6-7,12-13,15-17,19-22H2,1-5H3,(H,32,34). The number of hydrogen-bond donors (Lipinski definition) is 1. The van der Waals surface area contributed by atoms with Gasteiger partial charge in [0.1, 0.15) is 11.4 Å². The maximum absolute atomic E-state index is 13.7. The SMILES string of the molecule is COc1ccc(Nc2nn3ccc(C(=O)N(CCC(C)C)CCC(C)C)nc3c2CCCN2CCOCC2)cc1. The molecule has 218 valence electrons. The molecule has 0 atom stereocenters. The highest BCUT2D eigenvalue weighted by Gasteiger charge is 2.21. The van der Waals surface area contributed by atoms with Crippen LogP contribution in [0.1, 0.15) is 63.0 Å². The van der Waals surface area contributed by atoms with E-state index in [0.29, 0.717) is 17.5 Å². The summed E-state index contributed by atoms with van der Waals surface area (Å²) >= 11 is 0. The number of nitrogens with one attached hydrogen (secondary N) is 1. The maximum atomic E-state index is 13.7. The van der Waals surface area contributed by atoms with Gasteiger partial charge in [0.25, 0.3) is 5.91 Å². The second-order valence-electron chi connectivity index (χ2n) is 11.5. The van der Waals surface area contributed by atoms with Gasteiger partial charge in [-0.25, -0.2) is 9.50 Å². The molecule has 1 fully saturated rings. The molecule has 0 aliphatic carbocycles. The molecule has 3 heterocycles. The van der Waals surface area contributed by atoms with Crippen molar-refractivity contribution in [1.82, 2.24) is 24.4 Å². The number of amides is 1. The Bertz CT molecular complexity index is 1210. The molecule has 1 aromatic carbocycles. The van der Waals surface area contributed by atoms with Gasteiger partial charge in [0.15, 0.2) is 11.5 Å². The van der Waals surface area contributed by atoms with Gasteiger partial charge in [0.2, 0.25) is 0 Å². The van der Waals surface area contributed by atoms with Gasteiger partial charge in [-0.2, -0.15) is 0 Å². The van der Waals surface area contributed by atoms with E-state index in [1.807, 2.05) is 35.4 Å². The lowest BCUT2D eigenvalue weighted by Gasteiger charge is -2.26. The van der Waals surface area contributed by atoms with E-state index in [0.717, 1.165) is 100 Å². The number of fused-ring (bicyclic) bond motifs is 1. The van der Waals surface area contributed by atoms with Gasteiger partial charge in [0.05, 0.1) is 20.3 Å². The van der Waals surface area contributed by atoms with Crippen LogP contribution in [0.5, 0.6) is 5.75 Å². The molecule has 2 aromatic heterocycles. The molecule has 0 radical (unpaired) electrons. The molecule has 0 bridgehead atoms. The molecule has 1 saturated heterocycles. The first-order valence-corrected chi connectivity index (χ1v) is 14.7. The molecule has 4 rings (SSSR count). The van der Waals surface area contributed by atoms with Crippen LogP contribution in [-0.4, -0.2) is 83.4 Å². The van der Waals surface area contributed by atoms with Gasteiger partial charge in [-0.3, -0.25) is 9.69 Å². The number of hydrogen-bond acceptors (Lipinski definition) is 7. The van der Waals surface area contributed by atoms with Crippen LogP contribution >= 0.6 is 0 Å². The lowest BCUT2D eigenvalue weighted by atomic mass is 10.1. The zero-order valence-electron chi connectivity index (χ0n) is 24.9. The summed E-state index contributed by atoms with van der Waals surface area (Å²) in [7, 11) is 1.66. The van der Waals surface area contributed by atoms with E-state index in [9.17, 15) is 4.79 Å². The van der Waals surface area contributed by atoms with E-state index in [4.69, 9.17) is 19.6 Å². The summed E-state index contributed by atoms with van der Waals surface area (Å²) < 4.78 is 12.6. The molecular formula is C31H46N6O3. The summed E-state index contributed by atoms with van der Waals surface area (Å²) in [5.41, 5.74) is 3.15. The van der Waals surface area contributed by atoms with Gasteiger partial charge in [-0.15, -0.1) is 5.10 Å². The predicted molar refractivity (Wildman–Crippen MR) is 160 cm³/mol. The zero-order valence-corrected chi connectivity index (χ0v) is 24.9. The van der Waals surface area contributed by atoms with E-state index >= 15 is 0 Å². The van der Waals surface area contributed by atoms with Crippen molar-refractivity contribution in [3.63, 3.8) is 0 Å². The number of anilines is 2. The Hall–Kier alpha value is -3.17. The highest BCUT2D eigenvalue weighted by molar-refractivity contribution is 5.93. The third-order valence-corrected chi connectivity index (χ3v) is 7.40. The quantitative estimate of drug-likeness (QED) is 0.292. The second kappa shape index (κ2) is 14.5. The van der Waals surface area contributed by atoms with Crippen molar-refractivity contribution in [3.05, 3.63) is 47.8 Å². The third kappa shape index (κ3) is 8.17. The molecule has 9 nitrogen and oxygen atoms in total. The van der Waals surface area contributed by atoms with Crippen LogP contribution in [0.2, 0.25) is 0 Å². The van der Waals surface area contributed by atoms with Crippen molar-refractivity contribution in [2.24, 2.45) is 11.8 Å². The fourth-order valence-electron chi connectivity index (χ4n) is 4.84. The molecule has 1 N–H and O–H groups in total. The Balaban J connectivity index is 1.61. The summed E-state index contributed by atoms with van der Waals surface area (Å²) in [6.07, 6.45) is 5.58. The Morgan fingerprint density at radius 3 is 2.35 bits per heavy atom. The predicted octanol–water partition coefficient (Wildman–Crippen LogP) is 5.28. The number of nitrogens with zero attached hydrogens (tertiary/aromatic N) is 5. The molecule has 1 aliphatic rings. The first kappa shape index (κ1) is 29.8. The Labute approximate surface area is 238 Å². The molecule has 40 heavy (non-hydrogen) atoms. The summed E-state index contributed by atoms with van der Waals surface area (Å²) in [5.74, 6) is 2.62. The van der Waals surface area contributed by atoms with Crippen LogP contribution in [0.15, 0.2) is 36.5 Å². The first-order chi connectivity index (χ1) is 19.3. The Morgan fingerprint density at radius 1 is 1.05 bits per heavy atom. The summed E-state index contributed by atoms with van der Waals surface area (Å²) in [5, 5.41) is 8.32. The number of aromatic nitrogens is 3. The Morgan fingerprint density at radius 2 is 1.73 bits per heavy atom. The molecular weight excluding hydrogens is 504 g/mol. The van der Waals surface area contributed by atoms with Gasteiger partial charge < -0.3 is 19.7 Å². The van der Waals surface area contributed by atoms with E-state index in [1.54, 1.807) is 17.7 Å². The number of ether oxygens (including phenoxy) is 2. The molecule has 0 saturated carbocycles. The molecule has 0 spiro atoms. The van der Waals surface area contributed by atoms with Crippen LogP contribution in [0.25, 0.3) is 5.65 Å².